The largest absolute Gasteiger partial charge is 0.317 e. The Hall–Kier alpha value is -0.0900. The second-order valence-corrected chi connectivity index (χ2v) is 9.38. The predicted molar refractivity (Wildman–Crippen MR) is 77.6 cm³/mol. The lowest BCUT2D eigenvalue weighted by molar-refractivity contribution is 0.357. The molecular weight excluding hydrogens is 246 g/mol. The number of nitrogens with one attached hydrogen (secondary N) is 1. The van der Waals surface area contributed by atoms with Crippen molar-refractivity contribution in [2.24, 2.45) is 5.92 Å². The Morgan fingerprint density at radius 3 is 2.22 bits per heavy atom. The quantitative estimate of drug-likeness (QED) is 0.811. The maximum absolute atomic E-state index is 12.0. The van der Waals surface area contributed by atoms with Gasteiger partial charge in [0.15, 0.2) is 9.84 Å². The Labute approximate surface area is 113 Å². The number of hydrogen-bond acceptors (Lipinski definition) is 3. The lowest BCUT2D eigenvalue weighted by Gasteiger charge is -2.24. The van der Waals surface area contributed by atoms with E-state index in [9.17, 15) is 8.42 Å². The number of sulfone groups is 1. The molecule has 0 spiro atoms. The molecule has 0 saturated heterocycles. The van der Waals surface area contributed by atoms with Crippen LogP contribution in [0.4, 0.5) is 0 Å². The highest BCUT2D eigenvalue weighted by Crippen LogP contribution is 2.29. The Bertz CT molecular complexity index is 337. The lowest BCUT2D eigenvalue weighted by Crippen LogP contribution is -2.34. The van der Waals surface area contributed by atoms with E-state index in [2.05, 4.69) is 5.32 Å². The summed E-state index contributed by atoms with van der Waals surface area (Å²) >= 11 is 0. The van der Waals surface area contributed by atoms with Gasteiger partial charge in [0.1, 0.15) is 0 Å². The van der Waals surface area contributed by atoms with E-state index in [1.165, 1.54) is 25.7 Å². The van der Waals surface area contributed by atoms with Gasteiger partial charge in [-0.25, -0.2) is 8.42 Å². The highest BCUT2D eigenvalue weighted by atomic mass is 32.2. The van der Waals surface area contributed by atoms with Crippen molar-refractivity contribution in [3.8, 4) is 0 Å². The van der Waals surface area contributed by atoms with Crippen molar-refractivity contribution in [2.75, 3.05) is 12.8 Å². The van der Waals surface area contributed by atoms with Crippen LogP contribution in [0.25, 0.3) is 0 Å². The molecule has 4 heteroatoms. The van der Waals surface area contributed by atoms with E-state index < -0.39 is 14.6 Å². The van der Waals surface area contributed by atoms with Crippen molar-refractivity contribution in [1.29, 1.82) is 0 Å². The molecule has 0 aliphatic heterocycles. The minimum Gasteiger partial charge on any atom is -0.317 e. The standard InChI is InChI=1S/C14H29NO2S/c1-14(2,3)18(16,17)11-7-10-13(15-4)12-8-5-6-9-12/h12-13,15H,5-11H2,1-4H3. The third-order valence-electron chi connectivity index (χ3n) is 4.20. The first-order chi connectivity index (χ1) is 8.28. The fourth-order valence-electron chi connectivity index (χ4n) is 2.77. The molecule has 1 unspecified atom stereocenters. The predicted octanol–water partition coefficient (Wildman–Crippen LogP) is 2.76. The number of hydrogen-bond donors (Lipinski definition) is 1. The monoisotopic (exact) mass is 275 g/mol. The topological polar surface area (TPSA) is 46.2 Å². The van der Waals surface area contributed by atoms with E-state index in [4.69, 9.17) is 0 Å². The van der Waals surface area contributed by atoms with Crippen LogP contribution in [0.15, 0.2) is 0 Å². The van der Waals surface area contributed by atoms with Crippen LogP contribution in [0.2, 0.25) is 0 Å². The van der Waals surface area contributed by atoms with Gasteiger partial charge >= 0.3 is 0 Å². The average Bonchev–Trinajstić information content (AvgIpc) is 2.76. The zero-order valence-electron chi connectivity index (χ0n) is 12.3. The molecule has 3 nitrogen and oxygen atoms in total. The lowest BCUT2D eigenvalue weighted by atomic mass is 9.94. The first-order valence-corrected chi connectivity index (χ1v) is 8.83. The summed E-state index contributed by atoms with van der Waals surface area (Å²) in [6, 6.07) is 0.502. The molecule has 1 atom stereocenters. The van der Waals surface area contributed by atoms with Crippen LogP contribution in [0.1, 0.15) is 59.3 Å². The van der Waals surface area contributed by atoms with Crippen LogP contribution in [-0.4, -0.2) is 32.0 Å². The molecule has 0 radical (unpaired) electrons. The van der Waals surface area contributed by atoms with Crippen molar-refractivity contribution < 1.29 is 8.42 Å². The second kappa shape index (κ2) is 6.38. The summed E-state index contributed by atoms with van der Waals surface area (Å²) in [5.74, 6) is 1.08. The van der Waals surface area contributed by atoms with Crippen LogP contribution in [0.3, 0.4) is 0 Å². The average molecular weight is 275 g/mol. The Morgan fingerprint density at radius 1 is 1.22 bits per heavy atom. The Morgan fingerprint density at radius 2 is 1.78 bits per heavy atom. The van der Waals surface area contributed by atoms with Crippen LogP contribution < -0.4 is 5.32 Å². The summed E-state index contributed by atoms with van der Waals surface area (Å²) in [6.45, 7) is 5.36. The molecule has 1 aliphatic rings. The van der Waals surface area contributed by atoms with Gasteiger partial charge in [-0.2, -0.15) is 0 Å². The molecule has 0 aromatic carbocycles. The summed E-state index contributed by atoms with van der Waals surface area (Å²) in [4.78, 5) is 0. The van der Waals surface area contributed by atoms with Crippen LogP contribution in [0.5, 0.6) is 0 Å². The fraction of sp³-hybridized carbons (Fsp3) is 1.00. The van der Waals surface area contributed by atoms with Gasteiger partial charge in [-0.15, -0.1) is 0 Å². The molecular formula is C14H29NO2S. The Balaban J connectivity index is 2.40. The van der Waals surface area contributed by atoms with Crippen LogP contribution in [0, 0.1) is 5.92 Å². The van der Waals surface area contributed by atoms with Crippen LogP contribution in [-0.2, 0) is 9.84 Å². The van der Waals surface area contributed by atoms with E-state index >= 15 is 0 Å². The normalized spacial score (nSPS) is 20.2. The molecule has 0 bridgehead atoms. The van der Waals surface area contributed by atoms with Crippen molar-refractivity contribution >= 4 is 9.84 Å². The van der Waals surface area contributed by atoms with Gasteiger partial charge < -0.3 is 5.32 Å². The minimum atomic E-state index is -2.95. The van der Waals surface area contributed by atoms with Gasteiger partial charge in [0.05, 0.1) is 10.5 Å². The van der Waals surface area contributed by atoms with Gasteiger partial charge in [0.25, 0.3) is 0 Å². The third-order valence-corrected chi connectivity index (χ3v) is 6.89. The molecule has 1 saturated carbocycles. The second-order valence-electron chi connectivity index (χ2n) is 6.51. The first-order valence-electron chi connectivity index (χ1n) is 7.17. The van der Waals surface area contributed by atoms with Crippen molar-refractivity contribution in [3.63, 3.8) is 0 Å². The summed E-state index contributed by atoms with van der Waals surface area (Å²) in [7, 11) is -0.952. The van der Waals surface area contributed by atoms with E-state index in [1.807, 2.05) is 7.05 Å². The van der Waals surface area contributed by atoms with Crippen molar-refractivity contribution in [3.05, 3.63) is 0 Å². The molecule has 0 heterocycles. The molecule has 1 rings (SSSR count). The smallest absolute Gasteiger partial charge is 0.155 e. The minimum absolute atomic E-state index is 0.321. The SMILES string of the molecule is CNC(CCCS(=O)(=O)C(C)(C)C)C1CCCC1. The van der Waals surface area contributed by atoms with E-state index in [0.29, 0.717) is 11.8 Å². The molecule has 1 fully saturated rings. The van der Waals surface area contributed by atoms with Gasteiger partial charge in [-0.05, 0) is 59.4 Å². The van der Waals surface area contributed by atoms with Gasteiger partial charge in [0.2, 0.25) is 0 Å². The van der Waals surface area contributed by atoms with Gasteiger partial charge in [-0.1, -0.05) is 12.8 Å². The third kappa shape index (κ3) is 4.23. The molecule has 1 aliphatic carbocycles. The first kappa shape index (κ1) is 16.0. The number of rotatable bonds is 6. The summed E-state index contributed by atoms with van der Waals surface area (Å²) in [6.07, 6.45) is 7.04. The molecule has 108 valence electrons. The highest BCUT2D eigenvalue weighted by molar-refractivity contribution is 7.92. The highest BCUT2D eigenvalue weighted by Gasteiger charge is 2.29. The summed E-state index contributed by atoms with van der Waals surface area (Å²) < 4.78 is 23.4. The van der Waals surface area contributed by atoms with E-state index in [0.717, 1.165) is 18.8 Å². The van der Waals surface area contributed by atoms with E-state index in [1.54, 1.807) is 20.8 Å². The molecule has 18 heavy (non-hydrogen) atoms. The molecule has 0 amide bonds. The summed E-state index contributed by atoms with van der Waals surface area (Å²) in [5, 5.41) is 3.37. The zero-order valence-corrected chi connectivity index (χ0v) is 13.1. The zero-order chi connectivity index (χ0) is 13.8. The summed E-state index contributed by atoms with van der Waals surface area (Å²) in [5.41, 5.74) is 0. The maximum atomic E-state index is 12.0. The fourth-order valence-corrected chi connectivity index (χ4v) is 3.93. The van der Waals surface area contributed by atoms with Gasteiger partial charge in [0, 0.05) is 6.04 Å². The van der Waals surface area contributed by atoms with Crippen LogP contribution >= 0.6 is 0 Å². The van der Waals surface area contributed by atoms with E-state index in [-0.39, 0.29) is 0 Å². The maximum Gasteiger partial charge on any atom is 0.155 e. The van der Waals surface area contributed by atoms with Crippen molar-refractivity contribution in [2.45, 2.75) is 70.1 Å². The van der Waals surface area contributed by atoms with Gasteiger partial charge in [-0.3, -0.25) is 0 Å². The Kier molecular flexibility index (Phi) is 5.66. The van der Waals surface area contributed by atoms with Crippen molar-refractivity contribution in [1.82, 2.24) is 5.32 Å². The molecule has 0 aromatic rings. The molecule has 0 aromatic heterocycles. The molecule has 1 N–H and O–H groups in total.